The number of hydrogen-bond acceptors (Lipinski definition) is 3. The van der Waals surface area contributed by atoms with Crippen molar-refractivity contribution in [3.8, 4) is 0 Å². The molecule has 0 fully saturated rings. The largest absolute Gasteiger partial charge is 0.391 e. The van der Waals surface area contributed by atoms with Crippen molar-refractivity contribution in [1.82, 2.24) is 9.78 Å². The number of anilines is 2. The minimum absolute atomic E-state index is 0.0122. The predicted octanol–water partition coefficient (Wildman–Crippen LogP) is 2.38. The fourth-order valence-electron chi connectivity index (χ4n) is 2.28. The van der Waals surface area contributed by atoms with Gasteiger partial charge >= 0.3 is 0 Å². The van der Waals surface area contributed by atoms with Crippen LogP contribution < -0.4 is 4.90 Å². The predicted molar refractivity (Wildman–Crippen MR) is 73.0 cm³/mol. The highest BCUT2D eigenvalue weighted by atomic mass is 16.3. The summed E-state index contributed by atoms with van der Waals surface area (Å²) in [4.78, 5) is 2.16. The first-order chi connectivity index (χ1) is 8.69. The molecule has 1 aromatic heterocycles. The van der Waals surface area contributed by atoms with Crippen molar-refractivity contribution in [1.29, 1.82) is 0 Å². The Bertz CT molecular complexity index is 519. The Hall–Kier alpha value is -1.81. The molecule has 1 heterocycles. The van der Waals surface area contributed by atoms with E-state index in [0.717, 1.165) is 29.3 Å². The number of aliphatic hydroxyl groups excluding tert-OH is 1. The number of para-hydroxylation sites is 1. The molecule has 4 nitrogen and oxygen atoms in total. The number of aliphatic hydroxyl groups is 1. The van der Waals surface area contributed by atoms with Gasteiger partial charge in [-0.2, -0.15) is 5.10 Å². The second-order valence-electron chi connectivity index (χ2n) is 4.25. The summed E-state index contributed by atoms with van der Waals surface area (Å²) < 4.78 is 1.83. The molecular weight excluding hydrogens is 226 g/mol. The molecule has 0 saturated carbocycles. The van der Waals surface area contributed by atoms with Crippen LogP contribution in [0.2, 0.25) is 0 Å². The summed E-state index contributed by atoms with van der Waals surface area (Å²) in [6.45, 7) is 4.86. The Morgan fingerprint density at radius 2 is 1.94 bits per heavy atom. The molecule has 0 spiro atoms. The molecular formula is C14H19N3O. The van der Waals surface area contributed by atoms with Crippen molar-refractivity contribution in [3.05, 3.63) is 41.6 Å². The van der Waals surface area contributed by atoms with Gasteiger partial charge in [0.1, 0.15) is 5.82 Å². The number of hydrogen-bond donors (Lipinski definition) is 1. The van der Waals surface area contributed by atoms with Crippen molar-refractivity contribution in [2.45, 2.75) is 20.5 Å². The average Bonchev–Trinajstić information content (AvgIpc) is 2.66. The van der Waals surface area contributed by atoms with Crippen molar-refractivity contribution < 1.29 is 5.11 Å². The van der Waals surface area contributed by atoms with Crippen LogP contribution in [0.3, 0.4) is 0 Å². The van der Waals surface area contributed by atoms with Crippen LogP contribution in [0, 0.1) is 6.92 Å². The normalized spacial score (nSPS) is 10.7. The van der Waals surface area contributed by atoms with Crippen molar-refractivity contribution >= 4 is 11.5 Å². The number of nitrogens with zero attached hydrogens (tertiary/aromatic N) is 3. The molecule has 0 radical (unpaired) electrons. The van der Waals surface area contributed by atoms with Gasteiger partial charge in [-0.1, -0.05) is 18.2 Å². The molecule has 0 aliphatic heterocycles. The van der Waals surface area contributed by atoms with E-state index in [-0.39, 0.29) is 6.61 Å². The highest BCUT2D eigenvalue weighted by Crippen LogP contribution is 2.29. The second-order valence-corrected chi connectivity index (χ2v) is 4.25. The number of rotatable bonds is 4. The first kappa shape index (κ1) is 12.6. The van der Waals surface area contributed by atoms with E-state index in [1.54, 1.807) is 0 Å². The third-order valence-corrected chi connectivity index (χ3v) is 3.11. The lowest BCUT2D eigenvalue weighted by atomic mass is 10.2. The molecule has 1 N–H and O–H groups in total. The maximum atomic E-state index is 9.52. The van der Waals surface area contributed by atoms with E-state index in [4.69, 9.17) is 0 Å². The highest BCUT2D eigenvalue weighted by Gasteiger charge is 2.18. The zero-order chi connectivity index (χ0) is 13.1. The third-order valence-electron chi connectivity index (χ3n) is 3.11. The van der Waals surface area contributed by atoms with E-state index < -0.39 is 0 Å². The van der Waals surface area contributed by atoms with Crippen LogP contribution in [0.4, 0.5) is 11.5 Å². The van der Waals surface area contributed by atoms with Crippen LogP contribution in [-0.2, 0) is 13.7 Å². The third kappa shape index (κ3) is 2.11. The lowest BCUT2D eigenvalue weighted by Gasteiger charge is -2.24. The minimum atomic E-state index is 0.0122. The summed E-state index contributed by atoms with van der Waals surface area (Å²) in [5, 5.41) is 13.9. The van der Waals surface area contributed by atoms with Gasteiger partial charge in [0.2, 0.25) is 0 Å². The number of aromatic nitrogens is 2. The number of aryl methyl sites for hydroxylation is 2. The molecule has 0 atom stereocenters. The van der Waals surface area contributed by atoms with Crippen LogP contribution in [0.15, 0.2) is 30.3 Å². The van der Waals surface area contributed by atoms with Gasteiger partial charge in [-0.15, -0.1) is 0 Å². The summed E-state index contributed by atoms with van der Waals surface area (Å²) in [5.74, 6) is 0.962. The van der Waals surface area contributed by atoms with Crippen molar-refractivity contribution in [2.75, 3.05) is 11.4 Å². The maximum Gasteiger partial charge on any atom is 0.136 e. The average molecular weight is 245 g/mol. The maximum absolute atomic E-state index is 9.52. The molecule has 2 rings (SSSR count). The Morgan fingerprint density at radius 3 is 2.50 bits per heavy atom. The van der Waals surface area contributed by atoms with Gasteiger partial charge < -0.3 is 10.0 Å². The SMILES string of the molecule is CCN(c1ccccc1)c1c(CO)c(C)nn1C. The molecule has 2 aromatic rings. The van der Waals surface area contributed by atoms with Gasteiger partial charge in [0, 0.05) is 24.8 Å². The Kier molecular flexibility index (Phi) is 3.67. The molecule has 96 valence electrons. The van der Waals surface area contributed by atoms with E-state index in [9.17, 15) is 5.11 Å². The van der Waals surface area contributed by atoms with Gasteiger partial charge in [0.25, 0.3) is 0 Å². The molecule has 0 amide bonds. The topological polar surface area (TPSA) is 41.3 Å². The Balaban J connectivity index is 2.52. The second kappa shape index (κ2) is 5.23. The molecule has 0 bridgehead atoms. The zero-order valence-electron chi connectivity index (χ0n) is 11.1. The summed E-state index contributed by atoms with van der Waals surface area (Å²) in [6.07, 6.45) is 0. The van der Waals surface area contributed by atoms with Gasteiger partial charge in [0.15, 0.2) is 0 Å². The molecule has 0 aliphatic carbocycles. The van der Waals surface area contributed by atoms with Crippen LogP contribution in [0.5, 0.6) is 0 Å². The fourth-order valence-corrected chi connectivity index (χ4v) is 2.28. The molecule has 1 aromatic carbocycles. The van der Waals surface area contributed by atoms with Gasteiger partial charge in [-0.05, 0) is 26.0 Å². The smallest absolute Gasteiger partial charge is 0.136 e. The summed E-state index contributed by atoms with van der Waals surface area (Å²) in [6, 6.07) is 10.2. The minimum Gasteiger partial charge on any atom is -0.391 e. The first-order valence-corrected chi connectivity index (χ1v) is 6.15. The monoisotopic (exact) mass is 245 g/mol. The van der Waals surface area contributed by atoms with E-state index in [2.05, 4.69) is 29.1 Å². The first-order valence-electron chi connectivity index (χ1n) is 6.15. The van der Waals surface area contributed by atoms with Crippen LogP contribution >= 0.6 is 0 Å². The molecule has 4 heteroatoms. The quantitative estimate of drug-likeness (QED) is 0.899. The van der Waals surface area contributed by atoms with E-state index >= 15 is 0 Å². The van der Waals surface area contributed by atoms with Gasteiger partial charge in [-0.25, -0.2) is 0 Å². The molecule has 0 saturated heterocycles. The van der Waals surface area contributed by atoms with E-state index in [1.807, 2.05) is 36.9 Å². The summed E-state index contributed by atoms with van der Waals surface area (Å²) in [5.41, 5.74) is 2.88. The lowest BCUT2D eigenvalue weighted by molar-refractivity contribution is 0.281. The fraction of sp³-hybridized carbons (Fsp3) is 0.357. The van der Waals surface area contributed by atoms with Crippen LogP contribution in [0.25, 0.3) is 0 Å². The zero-order valence-corrected chi connectivity index (χ0v) is 11.1. The highest BCUT2D eigenvalue weighted by molar-refractivity contribution is 5.63. The van der Waals surface area contributed by atoms with E-state index in [1.165, 1.54) is 0 Å². The number of benzene rings is 1. The Morgan fingerprint density at radius 1 is 1.28 bits per heavy atom. The Labute approximate surface area is 107 Å². The molecule has 18 heavy (non-hydrogen) atoms. The lowest BCUT2D eigenvalue weighted by Crippen LogP contribution is -2.20. The summed E-state index contributed by atoms with van der Waals surface area (Å²) >= 11 is 0. The standard InChI is InChI=1S/C14H19N3O/c1-4-17(12-8-6-5-7-9-12)14-13(10-18)11(2)15-16(14)3/h5-9,18H,4,10H2,1-3H3. The van der Waals surface area contributed by atoms with Crippen molar-refractivity contribution in [2.24, 2.45) is 7.05 Å². The molecule has 0 aliphatic rings. The van der Waals surface area contributed by atoms with Crippen molar-refractivity contribution in [3.63, 3.8) is 0 Å². The van der Waals surface area contributed by atoms with Crippen LogP contribution in [-0.4, -0.2) is 21.4 Å². The van der Waals surface area contributed by atoms with Gasteiger partial charge in [-0.3, -0.25) is 4.68 Å². The van der Waals surface area contributed by atoms with E-state index in [0.29, 0.717) is 0 Å². The summed E-state index contributed by atoms with van der Waals surface area (Å²) in [7, 11) is 1.91. The molecule has 0 unspecified atom stereocenters. The van der Waals surface area contributed by atoms with Crippen LogP contribution in [0.1, 0.15) is 18.2 Å². The van der Waals surface area contributed by atoms with Gasteiger partial charge in [0.05, 0.1) is 12.3 Å².